The smallest absolute Gasteiger partial charge is 0.261 e. The first kappa shape index (κ1) is 33.3. The zero-order valence-corrected chi connectivity index (χ0v) is 31.2. The van der Waals surface area contributed by atoms with Gasteiger partial charge in [0.2, 0.25) is 0 Å². The maximum Gasteiger partial charge on any atom is 0.261 e. The van der Waals surface area contributed by atoms with E-state index < -0.39 is 0 Å². The summed E-state index contributed by atoms with van der Waals surface area (Å²) in [7, 11) is 6.84. The predicted octanol–water partition coefficient (Wildman–Crippen LogP) is 7.42. The Bertz CT molecular complexity index is 2550. The highest BCUT2D eigenvalue weighted by Crippen LogP contribution is 2.50. The quantitative estimate of drug-likeness (QED) is 0.195. The molecule has 0 N–H and O–H groups in total. The van der Waals surface area contributed by atoms with Crippen LogP contribution >= 0.6 is 0 Å². The summed E-state index contributed by atoms with van der Waals surface area (Å²) in [6.45, 7) is 6.28. The zero-order valence-electron chi connectivity index (χ0n) is 31.2. The first-order valence-electron chi connectivity index (χ1n) is 18.0. The lowest BCUT2D eigenvalue weighted by Crippen LogP contribution is -2.26. The van der Waals surface area contributed by atoms with E-state index in [1.165, 1.54) is 0 Å². The number of hydrogen-bond donors (Lipinski definition) is 0. The maximum absolute atomic E-state index is 14.3. The van der Waals surface area contributed by atoms with Crippen molar-refractivity contribution in [3.8, 4) is 0 Å². The molecule has 4 amide bonds. The van der Waals surface area contributed by atoms with Crippen LogP contribution in [0.5, 0.6) is 0 Å². The van der Waals surface area contributed by atoms with Gasteiger partial charge in [0, 0.05) is 50.4 Å². The molecule has 0 radical (unpaired) electrons. The predicted molar refractivity (Wildman–Crippen MR) is 212 cm³/mol. The normalized spacial score (nSPS) is 17.6. The molecule has 5 aromatic rings. The Morgan fingerprint density at radius 1 is 0.407 bits per heavy atom. The molecule has 54 heavy (non-hydrogen) atoms. The van der Waals surface area contributed by atoms with Crippen LogP contribution in [-0.4, -0.2) is 71.4 Å². The molecule has 266 valence electrons. The molecule has 4 aliphatic heterocycles. The van der Waals surface area contributed by atoms with Crippen LogP contribution in [0.25, 0.3) is 44.3 Å². The number of likely N-dealkylation sites (N-methyl/N-ethyl adjacent to an activating group) is 4. The number of hydrogen-bond acceptors (Lipinski definition) is 4. The fourth-order valence-electron chi connectivity index (χ4n) is 8.56. The molecule has 0 bridgehead atoms. The van der Waals surface area contributed by atoms with Crippen molar-refractivity contribution >= 4 is 68.0 Å². The molecule has 0 saturated carbocycles. The van der Waals surface area contributed by atoms with Gasteiger partial charge in [0.05, 0.1) is 45.1 Å². The Kier molecular flexibility index (Phi) is 7.08. The highest BCUT2D eigenvalue weighted by molar-refractivity contribution is 6.32. The van der Waals surface area contributed by atoms with Gasteiger partial charge in [-0.25, -0.2) is 0 Å². The average molecular weight is 711 g/mol. The van der Waals surface area contributed by atoms with Crippen LogP contribution in [-0.2, 0) is 24.6 Å². The average Bonchev–Trinajstić information content (AvgIpc) is 3.77. The third-order valence-electron chi connectivity index (χ3n) is 11.3. The van der Waals surface area contributed by atoms with Gasteiger partial charge < -0.3 is 19.6 Å². The highest BCUT2D eigenvalue weighted by Gasteiger charge is 2.49. The Morgan fingerprint density at radius 3 is 1.13 bits per heavy atom. The van der Waals surface area contributed by atoms with E-state index in [0.717, 1.165) is 38.2 Å². The largest absolute Gasteiger partial charge is 0.310 e. The lowest BCUT2D eigenvalue weighted by molar-refractivity contribution is -0.123. The van der Waals surface area contributed by atoms with Gasteiger partial charge in [-0.2, -0.15) is 0 Å². The van der Waals surface area contributed by atoms with E-state index in [1.807, 2.05) is 103 Å². The fraction of sp³-hybridized carbons (Fsp3) is 0.174. The molecule has 0 aliphatic carbocycles. The second-order valence-electron chi connectivity index (χ2n) is 15.5. The number of benzene rings is 5. The number of rotatable bonds is 4. The number of carbonyl (C=O) groups is 4. The molecule has 4 aliphatic rings. The minimum atomic E-state index is -0.365. The molecule has 5 aromatic carbocycles. The van der Waals surface area contributed by atoms with Crippen molar-refractivity contribution < 1.29 is 19.2 Å². The van der Waals surface area contributed by atoms with Gasteiger partial charge in [0.1, 0.15) is 0 Å². The van der Waals surface area contributed by atoms with Gasteiger partial charge in [-0.1, -0.05) is 106 Å². The van der Waals surface area contributed by atoms with Crippen molar-refractivity contribution in [1.82, 2.24) is 19.6 Å². The molecule has 0 fully saturated rings. The van der Waals surface area contributed by atoms with Crippen molar-refractivity contribution in [1.29, 1.82) is 0 Å². The van der Waals surface area contributed by atoms with E-state index >= 15 is 0 Å². The summed E-state index contributed by atoms with van der Waals surface area (Å²) in [6.07, 6.45) is 0. The molecule has 8 nitrogen and oxygen atoms in total. The van der Waals surface area contributed by atoms with Crippen molar-refractivity contribution in [3.05, 3.63) is 153 Å². The molecule has 8 heteroatoms. The second-order valence-corrected chi connectivity index (χ2v) is 15.5. The lowest BCUT2D eigenvalue weighted by Gasteiger charge is -2.26. The first-order chi connectivity index (χ1) is 25.8. The molecule has 0 aromatic heterocycles. The van der Waals surface area contributed by atoms with Crippen LogP contribution < -0.4 is 0 Å². The van der Waals surface area contributed by atoms with E-state index in [4.69, 9.17) is 0 Å². The third kappa shape index (κ3) is 4.49. The van der Waals surface area contributed by atoms with Gasteiger partial charge in [0.15, 0.2) is 0 Å². The Morgan fingerprint density at radius 2 is 0.741 bits per heavy atom. The Balaban J connectivity index is 1.29. The van der Waals surface area contributed by atoms with Crippen LogP contribution in [0.2, 0.25) is 0 Å². The SMILES string of the molecule is CN1C(=O)C2=C(c3cccc4ccccc34)N(C)C(=O)C2=C1c1cc(C2=C3C(=O)N(C)C(c4cccc5ccccc45)=C3C(=O)N2C)cc(C(C)(C)C)c1. The number of carbonyl (C=O) groups excluding carboxylic acids is 4. The van der Waals surface area contributed by atoms with E-state index in [2.05, 4.69) is 20.8 Å². The van der Waals surface area contributed by atoms with Gasteiger partial charge >= 0.3 is 0 Å². The highest BCUT2D eigenvalue weighted by atomic mass is 16.2. The van der Waals surface area contributed by atoms with Crippen molar-refractivity contribution in [2.24, 2.45) is 0 Å². The number of amides is 4. The molecular weight excluding hydrogens is 673 g/mol. The summed E-state index contributed by atoms with van der Waals surface area (Å²) in [5, 5.41) is 3.92. The number of fused-ring (bicyclic) bond motifs is 4. The molecule has 9 rings (SSSR count). The van der Waals surface area contributed by atoms with Crippen LogP contribution in [0.1, 0.15) is 48.6 Å². The van der Waals surface area contributed by atoms with Crippen molar-refractivity contribution in [2.45, 2.75) is 26.2 Å². The first-order valence-corrected chi connectivity index (χ1v) is 18.0. The van der Waals surface area contributed by atoms with Gasteiger partial charge in [-0.05, 0) is 50.7 Å². The van der Waals surface area contributed by atoms with E-state index in [9.17, 15) is 19.2 Å². The van der Waals surface area contributed by atoms with E-state index in [-0.39, 0.29) is 29.0 Å². The maximum atomic E-state index is 14.3. The summed E-state index contributed by atoms with van der Waals surface area (Å²) in [4.78, 5) is 63.6. The second kappa shape index (κ2) is 11.5. The summed E-state index contributed by atoms with van der Waals surface area (Å²) >= 11 is 0. The van der Waals surface area contributed by atoms with E-state index in [1.54, 1.807) is 47.8 Å². The molecule has 0 spiro atoms. The monoisotopic (exact) mass is 710 g/mol. The Labute approximate surface area is 313 Å². The van der Waals surface area contributed by atoms with Gasteiger partial charge in [-0.3, -0.25) is 19.2 Å². The summed E-state index contributed by atoms with van der Waals surface area (Å²) in [5.41, 5.74) is 7.04. The summed E-state index contributed by atoms with van der Waals surface area (Å²) < 4.78 is 0. The van der Waals surface area contributed by atoms with Crippen LogP contribution in [0.15, 0.2) is 125 Å². The topological polar surface area (TPSA) is 81.2 Å². The van der Waals surface area contributed by atoms with Crippen LogP contribution in [0.3, 0.4) is 0 Å². The van der Waals surface area contributed by atoms with Crippen LogP contribution in [0, 0.1) is 0 Å². The Hall–Kier alpha value is -6.54. The van der Waals surface area contributed by atoms with Crippen molar-refractivity contribution in [2.75, 3.05) is 28.2 Å². The van der Waals surface area contributed by atoms with E-state index in [0.29, 0.717) is 56.2 Å². The fourth-order valence-corrected chi connectivity index (χ4v) is 8.56. The van der Waals surface area contributed by atoms with Crippen LogP contribution in [0.4, 0.5) is 0 Å². The molecule has 0 saturated heterocycles. The minimum absolute atomic E-state index is 0.268. The summed E-state index contributed by atoms with van der Waals surface area (Å²) in [5.74, 6) is -1.07. The third-order valence-corrected chi connectivity index (χ3v) is 11.3. The molecule has 0 unspecified atom stereocenters. The lowest BCUT2D eigenvalue weighted by atomic mass is 9.83. The van der Waals surface area contributed by atoms with Crippen molar-refractivity contribution in [3.63, 3.8) is 0 Å². The molecule has 4 heterocycles. The minimum Gasteiger partial charge on any atom is -0.310 e. The summed E-state index contributed by atoms with van der Waals surface area (Å²) in [6, 6.07) is 33.7. The van der Waals surface area contributed by atoms with Gasteiger partial charge in [0.25, 0.3) is 23.6 Å². The molecule has 0 atom stereocenters. The zero-order chi connectivity index (χ0) is 38.0. The van der Waals surface area contributed by atoms with Gasteiger partial charge in [-0.15, -0.1) is 0 Å². The molecular formula is C46H38N4O4. The number of nitrogens with zero attached hydrogens (tertiary/aromatic N) is 4. The standard InChI is InChI=1S/C46H38N4O4/c1-46(2,3)29-23-27(38-34-36(44(53)47(38)4)40(49(6)42(34)51)32-20-12-16-25-14-8-10-18-30(25)32)22-28(24-29)39-35-37(45(54)48(39)5)41(50(7)43(35)52)33-21-13-17-26-15-9-11-19-31(26)33/h8-24H,1-7H3.